The zero-order chi connectivity index (χ0) is 15.6. The highest BCUT2D eigenvalue weighted by Crippen LogP contribution is 2.31. The number of nitrogens with two attached hydrogens (primary N) is 1. The highest BCUT2D eigenvalue weighted by atomic mass is 79.9. The molecule has 1 atom stereocenters. The highest BCUT2D eigenvalue weighted by molar-refractivity contribution is 9.09. The van der Waals surface area contributed by atoms with E-state index in [1.165, 1.54) is 42.5 Å². The van der Waals surface area contributed by atoms with Crippen molar-refractivity contribution in [1.82, 2.24) is 0 Å². The van der Waals surface area contributed by atoms with E-state index >= 15 is 0 Å². The minimum Gasteiger partial charge on any atom is -0.293 e. The van der Waals surface area contributed by atoms with Crippen LogP contribution in [-0.2, 0) is 10.0 Å². The van der Waals surface area contributed by atoms with Crippen LogP contribution in [0.2, 0.25) is 0 Å². The number of ketones is 1. The lowest BCUT2D eigenvalue weighted by Crippen LogP contribution is -2.17. The average Bonchev–Trinajstić information content (AvgIpc) is 2.45. The molecule has 21 heavy (non-hydrogen) atoms. The van der Waals surface area contributed by atoms with Crippen LogP contribution in [0.3, 0.4) is 0 Å². The maximum atomic E-state index is 12.9. The van der Waals surface area contributed by atoms with Crippen molar-refractivity contribution in [2.45, 2.75) is 9.72 Å². The van der Waals surface area contributed by atoms with E-state index in [1.807, 2.05) is 0 Å². The molecular weight excluding hydrogens is 361 g/mol. The fraction of sp³-hybridized carbons (Fsp3) is 0.0714. The van der Waals surface area contributed by atoms with Crippen LogP contribution >= 0.6 is 15.9 Å². The van der Waals surface area contributed by atoms with Gasteiger partial charge in [0, 0.05) is 5.56 Å². The van der Waals surface area contributed by atoms with Crippen LogP contribution in [0.1, 0.15) is 20.7 Å². The van der Waals surface area contributed by atoms with Crippen LogP contribution in [0.5, 0.6) is 0 Å². The Bertz CT molecular complexity index is 775. The van der Waals surface area contributed by atoms with E-state index in [0.29, 0.717) is 0 Å². The Morgan fingerprint density at radius 3 is 2.24 bits per heavy atom. The van der Waals surface area contributed by atoms with Gasteiger partial charge in [-0.15, -0.1) is 0 Å². The number of primary sulfonamides is 1. The predicted octanol–water partition coefficient (Wildman–Crippen LogP) is 2.79. The summed E-state index contributed by atoms with van der Waals surface area (Å²) in [4.78, 5) is 11.3. The molecule has 0 aromatic heterocycles. The molecule has 0 aliphatic rings. The van der Waals surface area contributed by atoms with Gasteiger partial charge in [0.2, 0.25) is 10.0 Å². The second-order valence-electron chi connectivity index (χ2n) is 4.32. The number of alkyl halides is 1. The van der Waals surface area contributed by atoms with Crippen molar-refractivity contribution in [3.05, 3.63) is 65.5 Å². The van der Waals surface area contributed by atoms with Crippen molar-refractivity contribution in [1.29, 1.82) is 0 Å². The number of benzene rings is 2. The van der Waals surface area contributed by atoms with Gasteiger partial charge in [-0.2, -0.15) is 0 Å². The molecule has 2 aromatic rings. The first-order chi connectivity index (χ1) is 9.80. The normalized spacial score (nSPS) is 12.9. The van der Waals surface area contributed by atoms with Crippen LogP contribution in [0.25, 0.3) is 0 Å². The number of carbonyl (C=O) groups excluding carboxylic acids is 1. The Hall–Kier alpha value is -1.57. The molecule has 110 valence electrons. The second kappa shape index (κ2) is 6.05. The summed E-state index contributed by atoms with van der Waals surface area (Å²) in [6.45, 7) is 0. The summed E-state index contributed by atoms with van der Waals surface area (Å²) in [7, 11) is -3.94. The first-order valence-electron chi connectivity index (χ1n) is 5.86. The number of hydrogen-bond acceptors (Lipinski definition) is 3. The van der Waals surface area contributed by atoms with Crippen molar-refractivity contribution >= 4 is 31.7 Å². The average molecular weight is 372 g/mol. The molecular formula is C14H11BrFNO3S. The van der Waals surface area contributed by atoms with Gasteiger partial charge in [-0.25, -0.2) is 17.9 Å². The zero-order valence-corrected chi connectivity index (χ0v) is 13.1. The quantitative estimate of drug-likeness (QED) is 0.662. The summed E-state index contributed by atoms with van der Waals surface area (Å²) in [6.07, 6.45) is 0. The number of carbonyl (C=O) groups is 1. The Balaban J connectivity index is 2.43. The van der Waals surface area contributed by atoms with Gasteiger partial charge in [0.15, 0.2) is 5.78 Å². The fourth-order valence-corrected chi connectivity index (χ4v) is 3.45. The topological polar surface area (TPSA) is 77.2 Å². The summed E-state index contributed by atoms with van der Waals surface area (Å²) in [6, 6.07) is 11.0. The molecule has 0 radical (unpaired) electrons. The third kappa shape index (κ3) is 3.55. The molecule has 2 N–H and O–H groups in total. The van der Waals surface area contributed by atoms with Crippen molar-refractivity contribution in [3.63, 3.8) is 0 Å². The number of rotatable bonds is 4. The number of hydrogen-bond donors (Lipinski definition) is 1. The third-order valence-electron chi connectivity index (χ3n) is 2.86. The summed E-state index contributed by atoms with van der Waals surface area (Å²) >= 11 is 3.19. The molecule has 0 saturated heterocycles. The smallest absolute Gasteiger partial charge is 0.238 e. The van der Waals surface area contributed by atoms with E-state index < -0.39 is 20.7 Å². The summed E-state index contributed by atoms with van der Waals surface area (Å²) < 4.78 is 36.0. The molecule has 0 fully saturated rings. The van der Waals surface area contributed by atoms with Crippen LogP contribution in [0, 0.1) is 5.82 Å². The van der Waals surface area contributed by atoms with Gasteiger partial charge in [-0.1, -0.05) is 34.1 Å². The van der Waals surface area contributed by atoms with E-state index in [-0.39, 0.29) is 21.8 Å². The van der Waals surface area contributed by atoms with Gasteiger partial charge < -0.3 is 0 Å². The molecule has 0 amide bonds. The standard InChI is InChI=1S/C14H11BrFNO3S/c15-13(14(18)9-5-7-10(16)8-6-9)11-3-1-2-4-12(11)21(17,19)20/h1-8,13H,(H2,17,19,20). The third-order valence-corrected chi connectivity index (χ3v) is 4.75. The van der Waals surface area contributed by atoms with Gasteiger partial charge >= 0.3 is 0 Å². The monoisotopic (exact) mass is 371 g/mol. The second-order valence-corrected chi connectivity index (χ2v) is 6.76. The Labute approximate surface area is 130 Å². The number of Topliss-reactive ketones (excluding diaryl/α,β-unsaturated/α-hetero) is 1. The molecule has 0 aliphatic carbocycles. The van der Waals surface area contributed by atoms with Crippen LogP contribution in [0.4, 0.5) is 4.39 Å². The molecule has 0 bridgehead atoms. The lowest BCUT2D eigenvalue weighted by molar-refractivity contribution is 0.0991. The van der Waals surface area contributed by atoms with Crippen LogP contribution < -0.4 is 5.14 Å². The molecule has 0 heterocycles. The van der Waals surface area contributed by atoms with Crippen molar-refractivity contribution in [3.8, 4) is 0 Å². The van der Waals surface area contributed by atoms with Gasteiger partial charge in [0.05, 0.1) is 4.90 Å². The minimum atomic E-state index is -3.94. The Kier molecular flexibility index (Phi) is 4.55. The largest absolute Gasteiger partial charge is 0.293 e. The molecule has 2 rings (SSSR count). The molecule has 4 nitrogen and oxygen atoms in total. The van der Waals surface area contributed by atoms with E-state index in [9.17, 15) is 17.6 Å². The van der Waals surface area contributed by atoms with Crippen molar-refractivity contribution in [2.24, 2.45) is 5.14 Å². The zero-order valence-electron chi connectivity index (χ0n) is 10.7. The first-order valence-corrected chi connectivity index (χ1v) is 8.32. The Morgan fingerprint density at radius 1 is 1.10 bits per heavy atom. The highest BCUT2D eigenvalue weighted by Gasteiger charge is 2.25. The van der Waals surface area contributed by atoms with Crippen LogP contribution in [-0.4, -0.2) is 14.2 Å². The number of sulfonamides is 1. The minimum absolute atomic E-state index is 0.123. The summed E-state index contributed by atoms with van der Waals surface area (Å²) in [5.41, 5.74) is 0.511. The summed E-state index contributed by atoms with van der Waals surface area (Å²) in [5, 5.41) is 5.14. The van der Waals surface area contributed by atoms with Gasteiger partial charge in [0.25, 0.3) is 0 Å². The van der Waals surface area contributed by atoms with Gasteiger partial charge in [-0.3, -0.25) is 4.79 Å². The molecule has 0 spiro atoms. The summed E-state index contributed by atoms with van der Waals surface area (Å²) in [5.74, 6) is -0.839. The van der Waals surface area contributed by atoms with E-state index in [4.69, 9.17) is 5.14 Å². The lowest BCUT2D eigenvalue weighted by Gasteiger charge is -2.13. The maximum Gasteiger partial charge on any atom is 0.238 e. The number of halogens is 2. The molecule has 0 aliphatic heterocycles. The Morgan fingerprint density at radius 2 is 1.67 bits per heavy atom. The molecule has 1 unspecified atom stereocenters. The molecule has 0 saturated carbocycles. The van der Waals surface area contributed by atoms with E-state index in [2.05, 4.69) is 15.9 Å². The van der Waals surface area contributed by atoms with Gasteiger partial charge in [-0.05, 0) is 35.9 Å². The SMILES string of the molecule is NS(=O)(=O)c1ccccc1C(Br)C(=O)c1ccc(F)cc1. The van der Waals surface area contributed by atoms with Crippen molar-refractivity contribution in [2.75, 3.05) is 0 Å². The van der Waals surface area contributed by atoms with Crippen LogP contribution in [0.15, 0.2) is 53.4 Å². The first kappa shape index (κ1) is 15.8. The van der Waals surface area contributed by atoms with E-state index in [0.717, 1.165) is 0 Å². The van der Waals surface area contributed by atoms with Crippen molar-refractivity contribution < 1.29 is 17.6 Å². The lowest BCUT2D eigenvalue weighted by atomic mass is 10.0. The predicted molar refractivity (Wildman–Crippen MR) is 80.2 cm³/mol. The molecule has 7 heteroatoms. The fourth-order valence-electron chi connectivity index (χ4n) is 1.85. The maximum absolute atomic E-state index is 12.9. The molecule has 2 aromatic carbocycles. The van der Waals surface area contributed by atoms with Gasteiger partial charge in [0.1, 0.15) is 10.6 Å². The van der Waals surface area contributed by atoms with E-state index in [1.54, 1.807) is 6.07 Å².